The predicted molar refractivity (Wildman–Crippen MR) is 131 cm³/mol. The summed E-state index contributed by atoms with van der Waals surface area (Å²) in [6.45, 7) is 11.1. The minimum Gasteiger partial charge on any atom is -0.497 e. The first-order chi connectivity index (χ1) is 16.3. The molecule has 34 heavy (non-hydrogen) atoms. The number of nitrogens with one attached hydrogen (secondary N) is 1. The van der Waals surface area contributed by atoms with E-state index in [2.05, 4.69) is 28.9 Å². The molecule has 0 atom stereocenters. The number of methoxy groups -OCH3 is 1. The molecule has 1 spiro atoms. The zero-order valence-corrected chi connectivity index (χ0v) is 21.0. The molecular formula is C26H37N5O3. The third-order valence-electron chi connectivity index (χ3n) is 7.19. The summed E-state index contributed by atoms with van der Waals surface area (Å²) in [6.07, 6.45) is 4.10. The summed E-state index contributed by atoms with van der Waals surface area (Å²) < 4.78 is 5.27. The quantitative estimate of drug-likeness (QED) is 0.590. The second-order valence-corrected chi connectivity index (χ2v) is 10.2. The predicted octanol–water partition coefficient (Wildman–Crippen LogP) is 4.14. The van der Waals surface area contributed by atoms with Crippen molar-refractivity contribution in [2.45, 2.75) is 65.1 Å². The average molecular weight is 468 g/mol. The van der Waals surface area contributed by atoms with Crippen molar-refractivity contribution in [3.63, 3.8) is 0 Å². The van der Waals surface area contributed by atoms with Crippen molar-refractivity contribution in [1.29, 1.82) is 0 Å². The maximum Gasteiger partial charge on any atom is 0.327 e. The van der Waals surface area contributed by atoms with Gasteiger partial charge in [0.1, 0.15) is 11.3 Å². The fraction of sp³-hybridized carbons (Fsp3) is 0.577. The molecule has 8 nitrogen and oxygen atoms in total. The van der Waals surface area contributed by atoms with Crippen LogP contribution in [0.15, 0.2) is 30.5 Å². The van der Waals surface area contributed by atoms with Crippen LogP contribution in [0.4, 0.5) is 4.79 Å². The van der Waals surface area contributed by atoms with E-state index in [4.69, 9.17) is 4.74 Å². The number of imide groups is 1. The van der Waals surface area contributed by atoms with Crippen LogP contribution in [-0.4, -0.2) is 75.2 Å². The largest absolute Gasteiger partial charge is 0.497 e. The summed E-state index contributed by atoms with van der Waals surface area (Å²) >= 11 is 0. The lowest BCUT2D eigenvalue weighted by Gasteiger charge is -2.42. The van der Waals surface area contributed by atoms with Crippen LogP contribution in [0.5, 0.6) is 5.75 Å². The lowest BCUT2D eigenvalue weighted by atomic mass is 9.85. The number of urea groups is 1. The van der Waals surface area contributed by atoms with E-state index in [1.54, 1.807) is 7.11 Å². The number of nitrogens with zero attached hydrogens (tertiary/aromatic N) is 4. The Balaban J connectivity index is 1.48. The maximum atomic E-state index is 13.5. The molecule has 4 rings (SSSR count). The first-order valence-electron chi connectivity index (χ1n) is 12.3. The summed E-state index contributed by atoms with van der Waals surface area (Å²) in [5.41, 5.74) is 2.47. The number of likely N-dealkylation sites (tertiary alicyclic amines) is 1. The normalized spacial score (nSPS) is 18.7. The van der Waals surface area contributed by atoms with E-state index in [9.17, 15) is 9.59 Å². The van der Waals surface area contributed by atoms with Gasteiger partial charge in [-0.3, -0.25) is 19.7 Å². The summed E-state index contributed by atoms with van der Waals surface area (Å²) in [6, 6.07) is 7.69. The number of aromatic amines is 1. The standard InChI is InChI=1S/C26H37N5O3/c1-18(2)10-13-30-25(33)31(19(3)4)24(32)26(30)11-14-29(15-12-26)17-21-16-27-28-23(21)20-6-8-22(34-5)9-7-20/h6-9,16,18-19H,10-15,17H2,1-5H3,(H,27,28). The van der Waals surface area contributed by atoms with Gasteiger partial charge in [-0.1, -0.05) is 13.8 Å². The molecule has 8 heteroatoms. The Kier molecular flexibility index (Phi) is 6.98. The molecule has 2 fully saturated rings. The van der Waals surface area contributed by atoms with Gasteiger partial charge in [0.05, 0.1) is 19.0 Å². The highest BCUT2D eigenvalue weighted by Gasteiger charge is 2.58. The third kappa shape index (κ3) is 4.43. The van der Waals surface area contributed by atoms with Gasteiger partial charge < -0.3 is 9.64 Å². The zero-order valence-electron chi connectivity index (χ0n) is 21.0. The van der Waals surface area contributed by atoms with E-state index < -0.39 is 5.54 Å². The fourth-order valence-corrected chi connectivity index (χ4v) is 5.14. The fourth-order valence-electron chi connectivity index (χ4n) is 5.14. The first kappa shape index (κ1) is 24.3. The van der Waals surface area contributed by atoms with E-state index in [-0.39, 0.29) is 18.0 Å². The van der Waals surface area contributed by atoms with Gasteiger partial charge in [0.2, 0.25) is 0 Å². The highest BCUT2D eigenvalue weighted by molar-refractivity contribution is 6.07. The van der Waals surface area contributed by atoms with Gasteiger partial charge in [-0.05, 0) is 63.3 Å². The van der Waals surface area contributed by atoms with E-state index in [0.29, 0.717) is 25.3 Å². The SMILES string of the molecule is COc1ccc(-c2[nH]ncc2CN2CCC3(CC2)C(=O)N(C(C)C)C(=O)N3CCC(C)C)cc1. The molecule has 0 bridgehead atoms. The third-order valence-corrected chi connectivity index (χ3v) is 7.19. The van der Waals surface area contributed by atoms with E-state index in [0.717, 1.165) is 48.6 Å². The van der Waals surface area contributed by atoms with Crippen molar-refractivity contribution in [3.05, 3.63) is 36.0 Å². The number of ether oxygens (including phenoxy) is 1. The molecule has 3 heterocycles. The average Bonchev–Trinajstić information content (AvgIpc) is 3.35. The molecule has 3 amide bonds. The van der Waals surface area contributed by atoms with Crippen LogP contribution in [0.25, 0.3) is 11.3 Å². The van der Waals surface area contributed by atoms with Crippen molar-refractivity contribution >= 4 is 11.9 Å². The lowest BCUT2D eigenvalue weighted by Crippen LogP contribution is -2.56. The Morgan fingerprint density at radius 2 is 1.76 bits per heavy atom. The van der Waals surface area contributed by atoms with Crippen molar-refractivity contribution in [2.75, 3.05) is 26.7 Å². The van der Waals surface area contributed by atoms with Crippen molar-refractivity contribution in [3.8, 4) is 17.0 Å². The molecule has 0 aliphatic carbocycles. The number of benzene rings is 1. The highest BCUT2D eigenvalue weighted by atomic mass is 16.5. The molecule has 2 aliphatic heterocycles. The van der Waals surface area contributed by atoms with Crippen LogP contribution in [0, 0.1) is 5.92 Å². The first-order valence-corrected chi connectivity index (χ1v) is 12.3. The molecule has 0 unspecified atom stereocenters. The number of aromatic nitrogens is 2. The molecular weight excluding hydrogens is 430 g/mol. The van der Waals surface area contributed by atoms with Crippen LogP contribution >= 0.6 is 0 Å². The summed E-state index contributed by atoms with van der Waals surface area (Å²) in [7, 11) is 1.66. The number of hydrogen-bond donors (Lipinski definition) is 1. The number of rotatable bonds is 8. The monoisotopic (exact) mass is 467 g/mol. The van der Waals surface area contributed by atoms with Gasteiger partial charge in [-0.15, -0.1) is 0 Å². The number of amides is 3. The Bertz CT molecular complexity index is 1010. The molecule has 0 saturated carbocycles. The van der Waals surface area contributed by atoms with Crippen LogP contribution in [0.2, 0.25) is 0 Å². The van der Waals surface area contributed by atoms with E-state index >= 15 is 0 Å². The van der Waals surface area contributed by atoms with Gasteiger partial charge in [-0.2, -0.15) is 5.10 Å². The van der Waals surface area contributed by atoms with Crippen LogP contribution in [0.3, 0.4) is 0 Å². The van der Waals surface area contributed by atoms with Crippen molar-refractivity contribution in [2.24, 2.45) is 5.92 Å². The topological polar surface area (TPSA) is 81.8 Å². The zero-order chi connectivity index (χ0) is 24.5. The number of piperidine rings is 1. The Labute approximate surface area is 202 Å². The van der Waals surface area contributed by atoms with Gasteiger partial charge >= 0.3 is 6.03 Å². The Hall–Kier alpha value is -2.87. The molecule has 1 aromatic heterocycles. The van der Waals surface area contributed by atoms with Crippen LogP contribution in [-0.2, 0) is 11.3 Å². The second kappa shape index (κ2) is 9.78. The van der Waals surface area contributed by atoms with Gasteiger partial charge in [-0.25, -0.2) is 4.79 Å². The summed E-state index contributed by atoms with van der Waals surface area (Å²) in [5, 5.41) is 7.42. The number of carbonyl (C=O) groups is 2. The van der Waals surface area contributed by atoms with Crippen LogP contribution in [0.1, 0.15) is 52.5 Å². The maximum absolute atomic E-state index is 13.5. The van der Waals surface area contributed by atoms with Crippen molar-refractivity contribution < 1.29 is 14.3 Å². The number of H-pyrrole nitrogens is 1. The molecule has 184 valence electrons. The molecule has 0 radical (unpaired) electrons. The minimum atomic E-state index is -0.706. The highest BCUT2D eigenvalue weighted by Crippen LogP contribution is 2.39. The molecule has 1 N–H and O–H groups in total. The van der Waals surface area contributed by atoms with E-state index in [1.807, 2.05) is 49.2 Å². The van der Waals surface area contributed by atoms with Crippen molar-refractivity contribution in [1.82, 2.24) is 24.9 Å². The Morgan fingerprint density at radius 3 is 2.35 bits per heavy atom. The number of carbonyl (C=O) groups excluding carboxylic acids is 2. The number of hydrogen-bond acceptors (Lipinski definition) is 5. The molecule has 2 aliphatic rings. The van der Waals surface area contributed by atoms with Gasteiger partial charge in [0.25, 0.3) is 5.91 Å². The van der Waals surface area contributed by atoms with Gasteiger partial charge in [0, 0.05) is 43.3 Å². The molecule has 1 aromatic carbocycles. The second-order valence-electron chi connectivity index (χ2n) is 10.2. The minimum absolute atomic E-state index is 0.0156. The summed E-state index contributed by atoms with van der Waals surface area (Å²) in [5.74, 6) is 1.28. The summed E-state index contributed by atoms with van der Waals surface area (Å²) in [4.78, 5) is 32.5. The van der Waals surface area contributed by atoms with E-state index in [1.165, 1.54) is 4.90 Å². The molecule has 2 aromatic rings. The van der Waals surface area contributed by atoms with Crippen LogP contribution < -0.4 is 4.74 Å². The Morgan fingerprint density at radius 1 is 1.09 bits per heavy atom. The van der Waals surface area contributed by atoms with Gasteiger partial charge in [0.15, 0.2) is 0 Å². The molecule has 2 saturated heterocycles. The smallest absolute Gasteiger partial charge is 0.327 e. The lowest BCUT2D eigenvalue weighted by molar-refractivity contribution is -0.136.